The number of amides is 2. The van der Waals surface area contributed by atoms with Gasteiger partial charge in [0.2, 0.25) is 5.91 Å². The van der Waals surface area contributed by atoms with Crippen LogP contribution in [-0.4, -0.2) is 24.1 Å². The first-order chi connectivity index (χ1) is 16.1. The Morgan fingerprint density at radius 1 is 0.758 bits per heavy atom. The Hall–Kier alpha value is -4.25. The summed E-state index contributed by atoms with van der Waals surface area (Å²) in [6, 6.07) is 33.2. The third-order valence-electron chi connectivity index (χ3n) is 5.47. The van der Waals surface area contributed by atoms with E-state index >= 15 is 0 Å². The minimum atomic E-state index is -0.497. The Labute approximate surface area is 193 Å². The topological polar surface area (TPSA) is 70.6 Å². The van der Waals surface area contributed by atoms with Crippen LogP contribution in [0.3, 0.4) is 0 Å². The summed E-state index contributed by atoms with van der Waals surface area (Å²) >= 11 is 0. The summed E-state index contributed by atoms with van der Waals surface area (Å²) in [4.78, 5) is 25.4. The second-order valence-corrected chi connectivity index (χ2v) is 7.77. The van der Waals surface area contributed by atoms with Crippen LogP contribution in [0, 0.1) is 0 Å². The molecular formula is C28H25N3O2. The number of hydrogen-bond donors (Lipinski definition) is 2. The molecule has 4 aromatic rings. The number of fused-ring (bicyclic) bond motifs is 1. The second-order valence-electron chi connectivity index (χ2n) is 7.77. The Balaban J connectivity index is 1.40. The van der Waals surface area contributed by atoms with E-state index in [0.29, 0.717) is 5.71 Å². The third-order valence-corrected chi connectivity index (χ3v) is 5.47. The first kappa shape index (κ1) is 22.0. The predicted octanol–water partition coefficient (Wildman–Crippen LogP) is 4.63. The molecule has 0 aliphatic heterocycles. The number of nitrogens with one attached hydrogen (secondary N) is 2. The number of rotatable bonds is 7. The average Bonchev–Trinajstić information content (AvgIpc) is 2.87. The van der Waals surface area contributed by atoms with E-state index in [1.165, 1.54) is 0 Å². The van der Waals surface area contributed by atoms with E-state index in [1.54, 1.807) is 0 Å². The normalized spacial score (nSPS) is 11.4. The molecule has 33 heavy (non-hydrogen) atoms. The van der Waals surface area contributed by atoms with Crippen LogP contribution < -0.4 is 10.7 Å². The van der Waals surface area contributed by atoms with Gasteiger partial charge in [0.15, 0.2) is 0 Å². The van der Waals surface area contributed by atoms with E-state index in [4.69, 9.17) is 0 Å². The Bertz CT molecular complexity index is 1240. The van der Waals surface area contributed by atoms with Crippen molar-refractivity contribution in [3.8, 4) is 0 Å². The quantitative estimate of drug-likeness (QED) is 0.328. The van der Waals surface area contributed by atoms with Gasteiger partial charge in [0.1, 0.15) is 0 Å². The van der Waals surface area contributed by atoms with Crippen LogP contribution >= 0.6 is 0 Å². The zero-order valence-corrected chi connectivity index (χ0v) is 18.4. The fourth-order valence-electron chi connectivity index (χ4n) is 3.72. The summed E-state index contributed by atoms with van der Waals surface area (Å²) in [6.45, 7) is 1.67. The van der Waals surface area contributed by atoms with Crippen molar-refractivity contribution in [2.45, 2.75) is 12.8 Å². The van der Waals surface area contributed by atoms with Crippen molar-refractivity contribution in [3.63, 3.8) is 0 Å². The monoisotopic (exact) mass is 435 g/mol. The first-order valence-corrected chi connectivity index (χ1v) is 10.8. The molecule has 0 aromatic heterocycles. The molecule has 0 saturated heterocycles. The van der Waals surface area contributed by atoms with Gasteiger partial charge in [-0.2, -0.15) is 5.10 Å². The highest BCUT2D eigenvalue weighted by atomic mass is 16.2. The van der Waals surface area contributed by atoms with Crippen LogP contribution in [0.5, 0.6) is 0 Å². The van der Waals surface area contributed by atoms with E-state index in [2.05, 4.69) is 15.8 Å². The Kier molecular flexibility index (Phi) is 6.90. The summed E-state index contributed by atoms with van der Waals surface area (Å²) < 4.78 is 0. The molecule has 0 bridgehead atoms. The molecule has 2 N–H and O–H groups in total. The van der Waals surface area contributed by atoms with Crippen LogP contribution in [0.15, 0.2) is 108 Å². The van der Waals surface area contributed by atoms with Crippen molar-refractivity contribution >= 4 is 28.3 Å². The van der Waals surface area contributed by atoms with Crippen molar-refractivity contribution in [1.29, 1.82) is 0 Å². The van der Waals surface area contributed by atoms with Crippen LogP contribution in [0.25, 0.3) is 10.8 Å². The van der Waals surface area contributed by atoms with Gasteiger partial charge in [0.25, 0.3) is 5.91 Å². The van der Waals surface area contributed by atoms with E-state index in [-0.39, 0.29) is 18.4 Å². The molecule has 0 saturated carbocycles. The number of carbonyl (C=O) groups excluding carboxylic acids is 2. The van der Waals surface area contributed by atoms with Crippen LogP contribution in [0.2, 0.25) is 0 Å². The Morgan fingerprint density at radius 3 is 1.97 bits per heavy atom. The maximum atomic E-state index is 13.0. The summed E-state index contributed by atoms with van der Waals surface area (Å²) in [7, 11) is 0. The zero-order chi connectivity index (χ0) is 23.0. The highest BCUT2D eigenvalue weighted by Crippen LogP contribution is 2.24. The number of hydrogen-bond acceptors (Lipinski definition) is 3. The predicted molar refractivity (Wildman–Crippen MR) is 132 cm³/mol. The molecule has 4 rings (SSSR count). The number of nitrogens with zero attached hydrogens (tertiary/aromatic N) is 1. The molecule has 0 unspecified atom stereocenters. The van der Waals surface area contributed by atoms with Gasteiger partial charge in [-0.3, -0.25) is 9.59 Å². The van der Waals surface area contributed by atoms with E-state index in [0.717, 1.165) is 27.5 Å². The lowest BCUT2D eigenvalue weighted by Crippen LogP contribution is -2.38. The van der Waals surface area contributed by atoms with E-state index in [1.807, 2.05) is 110 Å². The highest BCUT2D eigenvalue weighted by Gasteiger charge is 2.22. The van der Waals surface area contributed by atoms with Crippen LogP contribution in [0.4, 0.5) is 0 Å². The second kappa shape index (κ2) is 10.4. The van der Waals surface area contributed by atoms with Crippen molar-refractivity contribution in [1.82, 2.24) is 10.7 Å². The van der Waals surface area contributed by atoms with Gasteiger partial charge in [-0.25, -0.2) is 5.43 Å². The molecule has 2 amide bonds. The minimum absolute atomic E-state index is 0.163. The SMILES string of the molecule is C/C(=N/NC(=O)CNC(=O)C(c1ccccc1)c1ccccc1)c1ccc2ccccc2c1. The van der Waals surface area contributed by atoms with Gasteiger partial charge < -0.3 is 5.32 Å². The van der Waals surface area contributed by atoms with Gasteiger partial charge in [0, 0.05) is 0 Å². The molecule has 0 heterocycles. The van der Waals surface area contributed by atoms with Gasteiger partial charge >= 0.3 is 0 Å². The van der Waals surface area contributed by atoms with E-state index in [9.17, 15) is 9.59 Å². The minimum Gasteiger partial charge on any atom is -0.346 e. The molecule has 5 nitrogen and oxygen atoms in total. The fourth-order valence-corrected chi connectivity index (χ4v) is 3.72. The maximum Gasteiger partial charge on any atom is 0.259 e. The molecule has 0 aliphatic rings. The fraction of sp³-hybridized carbons (Fsp3) is 0.107. The van der Waals surface area contributed by atoms with Gasteiger partial charge in [-0.1, -0.05) is 97.1 Å². The third kappa shape index (κ3) is 5.52. The largest absolute Gasteiger partial charge is 0.346 e. The van der Waals surface area contributed by atoms with Crippen molar-refractivity contribution in [2.24, 2.45) is 5.10 Å². The molecule has 0 aliphatic carbocycles. The lowest BCUT2D eigenvalue weighted by Gasteiger charge is -2.17. The number of hydrazone groups is 1. The molecule has 0 radical (unpaired) electrons. The molecule has 0 fully saturated rings. The summed E-state index contributed by atoms with van der Waals surface area (Å²) in [5.41, 5.74) is 5.88. The standard InChI is InChI=1S/C28H25N3O2/c1-20(24-17-16-21-10-8-9-15-25(21)18-24)30-31-26(32)19-29-28(33)27(22-11-4-2-5-12-22)23-13-6-3-7-14-23/h2-18,27H,19H2,1H3,(H,29,33)(H,31,32)/b30-20-. The van der Waals surface area contributed by atoms with Crippen LogP contribution in [-0.2, 0) is 9.59 Å². The summed E-state index contributed by atoms with van der Waals surface area (Å²) in [5, 5.41) is 9.21. The van der Waals surface area contributed by atoms with Crippen molar-refractivity contribution in [2.75, 3.05) is 6.54 Å². The smallest absolute Gasteiger partial charge is 0.259 e. The Morgan fingerprint density at radius 2 is 1.33 bits per heavy atom. The maximum absolute atomic E-state index is 13.0. The summed E-state index contributed by atoms with van der Waals surface area (Å²) in [6.07, 6.45) is 0. The van der Waals surface area contributed by atoms with Crippen molar-refractivity contribution in [3.05, 3.63) is 120 Å². The highest BCUT2D eigenvalue weighted by molar-refractivity contribution is 6.02. The first-order valence-electron chi connectivity index (χ1n) is 10.8. The number of carbonyl (C=O) groups is 2. The van der Waals surface area contributed by atoms with E-state index < -0.39 is 5.92 Å². The zero-order valence-electron chi connectivity index (χ0n) is 18.4. The number of benzene rings is 4. The lowest BCUT2D eigenvalue weighted by atomic mass is 9.90. The van der Waals surface area contributed by atoms with Crippen molar-refractivity contribution < 1.29 is 9.59 Å². The molecule has 4 aromatic carbocycles. The molecule has 164 valence electrons. The van der Waals surface area contributed by atoms with Gasteiger partial charge in [-0.05, 0) is 40.5 Å². The molecule has 0 atom stereocenters. The molecule has 5 heteroatoms. The van der Waals surface area contributed by atoms with Gasteiger partial charge in [0.05, 0.1) is 18.2 Å². The lowest BCUT2D eigenvalue weighted by molar-refractivity contribution is -0.126. The molecular weight excluding hydrogens is 410 g/mol. The summed E-state index contributed by atoms with van der Waals surface area (Å²) in [5.74, 6) is -1.12. The van der Waals surface area contributed by atoms with Crippen LogP contribution in [0.1, 0.15) is 29.5 Å². The van der Waals surface area contributed by atoms with Gasteiger partial charge in [-0.15, -0.1) is 0 Å². The molecule has 0 spiro atoms. The average molecular weight is 436 g/mol.